The number of fused-ring (bicyclic) bond motifs is 1. The summed E-state index contributed by atoms with van der Waals surface area (Å²) in [5.41, 5.74) is 2.29. The third kappa shape index (κ3) is 4.42. The zero-order valence-corrected chi connectivity index (χ0v) is 20.2. The number of hydrogen-bond donors (Lipinski definition) is 0. The molecule has 1 atom stereocenters. The molecule has 35 heavy (non-hydrogen) atoms. The number of thiazole rings is 1. The van der Waals surface area contributed by atoms with E-state index in [1.807, 2.05) is 48.5 Å². The number of hydrogen-bond acceptors (Lipinski definition) is 7. The zero-order valence-electron chi connectivity index (χ0n) is 19.4. The summed E-state index contributed by atoms with van der Waals surface area (Å²) in [6, 6.07) is 16.8. The van der Waals surface area contributed by atoms with Crippen molar-refractivity contribution < 1.29 is 19.1 Å². The first kappa shape index (κ1) is 22.8. The number of aromatic nitrogens is 2. The second kappa shape index (κ2) is 9.71. The van der Waals surface area contributed by atoms with Crippen molar-refractivity contribution >= 4 is 44.2 Å². The van der Waals surface area contributed by atoms with E-state index in [2.05, 4.69) is 4.98 Å². The minimum atomic E-state index is -0.491. The topological polar surface area (TPSA) is 84.9 Å². The fourth-order valence-corrected chi connectivity index (χ4v) is 5.33. The predicted molar refractivity (Wildman–Crippen MR) is 135 cm³/mol. The molecule has 0 aliphatic carbocycles. The summed E-state index contributed by atoms with van der Waals surface area (Å²) >= 11 is 1.36. The molecule has 0 radical (unpaired) electrons. The van der Waals surface area contributed by atoms with Crippen LogP contribution >= 0.6 is 11.3 Å². The number of pyridine rings is 1. The summed E-state index contributed by atoms with van der Waals surface area (Å²) in [7, 11) is 3.18. The Bertz CT molecular complexity index is 1320. The van der Waals surface area contributed by atoms with Crippen molar-refractivity contribution in [3.63, 3.8) is 0 Å². The number of ether oxygens (including phenoxy) is 2. The number of amides is 2. The molecule has 1 fully saturated rings. The van der Waals surface area contributed by atoms with E-state index in [0.29, 0.717) is 28.7 Å². The normalized spacial score (nSPS) is 15.4. The fraction of sp³-hybridized carbons (Fsp3) is 0.231. The molecule has 2 aromatic carbocycles. The quantitative estimate of drug-likeness (QED) is 0.386. The van der Waals surface area contributed by atoms with E-state index in [0.717, 1.165) is 16.0 Å². The highest BCUT2D eigenvalue weighted by Gasteiger charge is 2.38. The van der Waals surface area contributed by atoms with Gasteiger partial charge in [0.25, 0.3) is 0 Å². The van der Waals surface area contributed by atoms with Crippen LogP contribution in [0, 0.1) is 5.92 Å². The van der Waals surface area contributed by atoms with Crippen LogP contribution in [0.5, 0.6) is 11.5 Å². The lowest BCUT2D eigenvalue weighted by molar-refractivity contribution is -0.124. The first-order valence-electron chi connectivity index (χ1n) is 11.2. The number of rotatable bonds is 7. The Kier molecular flexibility index (Phi) is 6.33. The van der Waals surface area contributed by atoms with Crippen LogP contribution in [-0.4, -0.2) is 42.5 Å². The van der Waals surface area contributed by atoms with E-state index in [9.17, 15) is 9.59 Å². The molecule has 9 heteroatoms. The van der Waals surface area contributed by atoms with Crippen LogP contribution in [0.4, 0.5) is 10.8 Å². The van der Waals surface area contributed by atoms with Crippen LogP contribution in [0.2, 0.25) is 0 Å². The highest BCUT2D eigenvalue weighted by molar-refractivity contribution is 7.22. The molecule has 4 aromatic rings. The molecule has 178 valence electrons. The van der Waals surface area contributed by atoms with Crippen LogP contribution in [-0.2, 0) is 16.1 Å². The molecule has 1 aliphatic rings. The van der Waals surface area contributed by atoms with Gasteiger partial charge >= 0.3 is 0 Å². The van der Waals surface area contributed by atoms with Crippen LogP contribution in [0.3, 0.4) is 0 Å². The summed E-state index contributed by atoms with van der Waals surface area (Å²) in [5, 5.41) is 0.516. The van der Waals surface area contributed by atoms with E-state index in [4.69, 9.17) is 14.5 Å². The van der Waals surface area contributed by atoms with Gasteiger partial charge < -0.3 is 14.4 Å². The molecule has 8 nitrogen and oxygen atoms in total. The molecule has 0 bridgehead atoms. The molecule has 0 spiro atoms. The highest BCUT2D eigenvalue weighted by Crippen LogP contribution is 2.41. The number of methoxy groups -OCH3 is 2. The molecular weight excluding hydrogens is 464 g/mol. The van der Waals surface area contributed by atoms with Crippen LogP contribution < -0.4 is 19.3 Å². The Hall–Kier alpha value is -3.98. The van der Waals surface area contributed by atoms with Gasteiger partial charge in [0.1, 0.15) is 21.7 Å². The Morgan fingerprint density at radius 1 is 1.09 bits per heavy atom. The van der Waals surface area contributed by atoms with Gasteiger partial charge in [-0.15, -0.1) is 0 Å². The maximum Gasteiger partial charge on any atom is 0.234 e. The maximum atomic E-state index is 13.9. The van der Waals surface area contributed by atoms with Crippen molar-refractivity contribution in [2.24, 2.45) is 5.92 Å². The number of para-hydroxylation sites is 1. The Labute approximate surface area is 206 Å². The predicted octanol–water partition coefficient (Wildman–Crippen LogP) is 4.29. The molecule has 2 aromatic heterocycles. The second-order valence-corrected chi connectivity index (χ2v) is 9.15. The lowest BCUT2D eigenvalue weighted by atomic mass is 10.1. The minimum Gasteiger partial charge on any atom is -0.495 e. The Morgan fingerprint density at radius 2 is 1.86 bits per heavy atom. The van der Waals surface area contributed by atoms with Gasteiger partial charge in [0, 0.05) is 31.0 Å². The largest absolute Gasteiger partial charge is 0.495 e. The lowest BCUT2D eigenvalue weighted by Gasteiger charge is -2.23. The van der Waals surface area contributed by atoms with Crippen molar-refractivity contribution in [1.82, 2.24) is 9.97 Å². The van der Waals surface area contributed by atoms with Crippen LogP contribution in [0.25, 0.3) is 10.2 Å². The van der Waals surface area contributed by atoms with Gasteiger partial charge in [-0.3, -0.25) is 19.5 Å². The molecule has 2 amide bonds. The average Bonchev–Trinajstić information content (AvgIpc) is 3.51. The number of anilines is 2. The maximum absolute atomic E-state index is 13.9. The third-order valence-corrected chi connectivity index (χ3v) is 7.09. The fourth-order valence-electron chi connectivity index (χ4n) is 4.25. The molecule has 5 rings (SSSR count). The first-order valence-corrected chi connectivity index (χ1v) is 12.0. The smallest absolute Gasteiger partial charge is 0.234 e. The van der Waals surface area contributed by atoms with Gasteiger partial charge in [-0.1, -0.05) is 35.6 Å². The summed E-state index contributed by atoms with van der Waals surface area (Å²) in [4.78, 5) is 39.0. The summed E-state index contributed by atoms with van der Waals surface area (Å²) in [6.45, 7) is 0.607. The molecule has 3 heterocycles. The number of benzene rings is 2. The molecule has 1 aliphatic heterocycles. The highest BCUT2D eigenvalue weighted by atomic mass is 32.1. The number of nitrogens with zero attached hydrogens (tertiary/aromatic N) is 4. The lowest BCUT2D eigenvalue weighted by Crippen LogP contribution is -2.37. The summed E-state index contributed by atoms with van der Waals surface area (Å²) < 4.78 is 11.8. The minimum absolute atomic E-state index is 0.0662. The van der Waals surface area contributed by atoms with Gasteiger partial charge in [-0.25, -0.2) is 4.98 Å². The van der Waals surface area contributed by atoms with E-state index in [-0.39, 0.29) is 24.8 Å². The van der Waals surface area contributed by atoms with Crippen molar-refractivity contribution in [2.45, 2.75) is 13.0 Å². The molecule has 1 saturated heterocycles. The van der Waals surface area contributed by atoms with Crippen LogP contribution in [0.15, 0.2) is 67.0 Å². The monoisotopic (exact) mass is 488 g/mol. The van der Waals surface area contributed by atoms with Gasteiger partial charge in [-0.05, 0) is 35.9 Å². The Balaban J connectivity index is 1.52. The zero-order chi connectivity index (χ0) is 24.4. The summed E-state index contributed by atoms with van der Waals surface area (Å²) in [5.74, 6) is 0.546. The standard InChI is InChI=1S/C26H24N4O4S/c1-33-20-10-11-21(34-2)24-23(20)28-26(35-24)30(15-17-7-6-12-27-14-17)25(32)18-13-22(31)29(16-18)19-8-4-3-5-9-19/h3-12,14,18H,13,15-16H2,1-2H3. The number of carbonyl (C=O) groups is 2. The van der Waals surface area contributed by atoms with Gasteiger partial charge in [0.15, 0.2) is 5.13 Å². The van der Waals surface area contributed by atoms with Gasteiger partial charge in [-0.2, -0.15) is 0 Å². The van der Waals surface area contributed by atoms with Gasteiger partial charge in [0.05, 0.1) is 26.7 Å². The first-order chi connectivity index (χ1) is 17.1. The van der Waals surface area contributed by atoms with Crippen molar-refractivity contribution in [1.29, 1.82) is 0 Å². The van der Waals surface area contributed by atoms with E-state index in [1.54, 1.807) is 42.5 Å². The van der Waals surface area contributed by atoms with Crippen LogP contribution in [0.1, 0.15) is 12.0 Å². The van der Waals surface area contributed by atoms with Gasteiger partial charge in [0.2, 0.25) is 11.8 Å². The SMILES string of the molecule is COc1ccc(OC)c2sc(N(Cc3cccnc3)C(=O)C3CC(=O)N(c4ccccc4)C3)nc12. The second-order valence-electron chi connectivity index (χ2n) is 8.17. The van der Waals surface area contributed by atoms with Crippen molar-refractivity contribution in [2.75, 3.05) is 30.6 Å². The number of carbonyl (C=O) groups excluding carboxylic acids is 2. The van der Waals surface area contributed by atoms with E-state index < -0.39 is 5.92 Å². The van der Waals surface area contributed by atoms with Crippen molar-refractivity contribution in [3.05, 3.63) is 72.6 Å². The van der Waals surface area contributed by atoms with Crippen molar-refractivity contribution in [3.8, 4) is 11.5 Å². The average molecular weight is 489 g/mol. The molecule has 0 saturated carbocycles. The molecule has 0 N–H and O–H groups in total. The van der Waals surface area contributed by atoms with E-state index >= 15 is 0 Å². The van der Waals surface area contributed by atoms with E-state index in [1.165, 1.54) is 11.3 Å². The molecule has 1 unspecified atom stereocenters. The summed E-state index contributed by atoms with van der Waals surface area (Å²) in [6.07, 6.45) is 3.57. The molecular formula is C26H24N4O4S. The third-order valence-electron chi connectivity index (χ3n) is 6.00. The Morgan fingerprint density at radius 3 is 2.57 bits per heavy atom.